The molecule has 0 aliphatic heterocycles. The highest BCUT2D eigenvalue weighted by molar-refractivity contribution is 6.24. The minimum absolute atomic E-state index is 1.22. The van der Waals surface area contributed by atoms with Gasteiger partial charge in [-0.3, -0.25) is 0 Å². The van der Waals surface area contributed by atoms with E-state index < -0.39 is 0 Å². The SMILES string of the molecule is c1ccc2c(-c3cc(-c4c5ccccc5cc5ccccc45)c(-c4c5ccccc5cc5ccccc45)cc3-c3c4ccccc4cc4ccccc34)c3ccccc3cc2c1. The molecule has 0 radical (unpaired) electrons. The van der Waals surface area contributed by atoms with Crippen molar-refractivity contribution in [3.8, 4) is 44.5 Å². The van der Waals surface area contributed by atoms with Crippen LogP contribution in [0.1, 0.15) is 0 Å². The molecular weight excluding hydrogens is 745 g/mol. The molecule has 62 heavy (non-hydrogen) atoms. The molecule has 0 aliphatic carbocycles. The van der Waals surface area contributed by atoms with Gasteiger partial charge in [-0.25, -0.2) is 0 Å². The number of rotatable bonds is 4. The third-order valence-electron chi connectivity index (χ3n) is 13.3. The second kappa shape index (κ2) is 13.7. The lowest BCUT2D eigenvalue weighted by Gasteiger charge is -2.25. The van der Waals surface area contributed by atoms with E-state index in [0.717, 1.165) is 0 Å². The standard InChI is InChI=1S/C62H38/c1-9-25-47-39(17-1)33-40-18-2-10-26-48(40)59(47)55-37-57(61-51-29-13-5-21-43(51)35-44-22-6-14-30-52(44)61)58(62-53-31-15-7-23-45(53)36-46-24-8-16-32-54(46)62)38-56(55)60-49-27-11-3-19-41(49)34-42-20-4-12-28-50(42)60/h1-38H. The highest BCUT2D eigenvalue weighted by Crippen LogP contribution is 2.52. The van der Waals surface area contributed by atoms with Crippen LogP contribution in [0.25, 0.3) is 131 Å². The van der Waals surface area contributed by atoms with E-state index in [1.54, 1.807) is 0 Å². The smallest absolute Gasteiger partial charge is 0.00203 e. The second-order valence-electron chi connectivity index (χ2n) is 16.7. The molecule has 0 fully saturated rings. The Kier molecular flexibility index (Phi) is 7.71. The Morgan fingerprint density at radius 3 is 0.452 bits per heavy atom. The fraction of sp³-hybridized carbons (Fsp3) is 0. The van der Waals surface area contributed by atoms with E-state index in [4.69, 9.17) is 0 Å². The third kappa shape index (κ3) is 5.27. The first-order valence-electron chi connectivity index (χ1n) is 21.6. The zero-order chi connectivity index (χ0) is 40.7. The van der Waals surface area contributed by atoms with Gasteiger partial charge in [-0.1, -0.05) is 194 Å². The summed E-state index contributed by atoms with van der Waals surface area (Å²) in [5.41, 5.74) is 9.91. The summed E-state index contributed by atoms with van der Waals surface area (Å²) in [6.07, 6.45) is 0. The van der Waals surface area contributed by atoms with Gasteiger partial charge in [-0.15, -0.1) is 0 Å². The number of hydrogen-bond donors (Lipinski definition) is 0. The first-order valence-corrected chi connectivity index (χ1v) is 21.6. The van der Waals surface area contributed by atoms with E-state index in [0.29, 0.717) is 0 Å². The highest BCUT2D eigenvalue weighted by atomic mass is 14.3. The van der Waals surface area contributed by atoms with E-state index in [9.17, 15) is 0 Å². The number of hydrogen-bond acceptors (Lipinski definition) is 0. The molecule has 13 rings (SSSR count). The van der Waals surface area contributed by atoms with Crippen molar-refractivity contribution in [1.82, 2.24) is 0 Å². The molecular formula is C62H38. The highest BCUT2D eigenvalue weighted by Gasteiger charge is 2.25. The Morgan fingerprint density at radius 1 is 0.145 bits per heavy atom. The molecule has 0 heterocycles. The molecule has 13 aromatic carbocycles. The van der Waals surface area contributed by atoms with Crippen LogP contribution < -0.4 is 0 Å². The van der Waals surface area contributed by atoms with Crippen LogP contribution in [0, 0.1) is 0 Å². The lowest BCUT2D eigenvalue weighted by Crippen LogP contribution is -1.97. The van der Waals surface area contributed by atoms with Crippen LogP contribution in [0.3, 0.4) is 0 Å². The lowest BCUT2D eigenvalue weighted by molar-refractivity contribution is 1.62. The summed E-state index contributed by atoms with van der Waals surface area (Å²) in [4.78, 5) is 0. The maximum Gasteiger partial charge on any atom is -0.00203 e. The van der Waals surface area contributed by atoms with Gasteiger partial charge in [0, 0.05) is 0 Å². The summed E-state index contributed by atoms with van der Waals surface area (Å²) in [5.74, 6) is 0. The van der Waals surface area contributed by atoms with E-state index in [1.165, 1.54) is 131 Å². The maximum atomic E-state index is 2.58. The Balaban J connectivity index is 1.33. The molecule has 286 valence electrons. The molecule has 0 amide bonds. The normalized spacial score (nSPS) is 11.9. The van der Waals surface area contributed by atoms with Crippen molar-refractivity contribution in [2.24, 2.45) is 0 Å². The van der Waals surface area contributed by atoms with Gasteiger partial charge in [0.25, 0.3) is 0 Å². The van der Waals surface area contributed by atoms with Gasteiger partial charge in [-0.2, -0.15) is 0 Å². The van der Waals surface area contributed by atoms with Crippen LogP contribution in [0.2, 0.25) is 0 Å². The zero-order valence-electron chi connectivity index (χ0n) is 33.9. The lowest BCUT2D eigenvalue weighted by atomic mass is 9.78. The van der Waals surface area contributed by atoms with Gasteiger partial charge in [0.05, 0.1) is 0 Å². The fourth-order valence-corrected chi connectivity index (χ4v) is 10.6. The van der Waals surface area contributed by atoms with Gasteiger partial charge < -0.3 is 0 Å². The zero-order valence-corrected chi connectivity index (χ0v) is 33.9. The van der Waals surface area contributed by atoms with Gasteiger partial charge in [0.2, 0.25) is 0 Å². The second-order valence-corrected chi connectivity index (χ2v) is 16.7. The molecule has 0 heteroatoms. The predicted molar refractivity (Wildman–Crippen MR) is 268 cm³/mol. The minimum Gasteiger partial charge on any atom is -0.0616 e. The number of benzene rings is 13. The summed E-state index contributed by atoms with van der Waals surface area (Å²) in [7, 11) is 0. The van der Waals surface area contributed by atoms with Crippen molar-refractivity contribution in [2.75, 3.05) is 0 Å². The minimum atomic E-state index is 1.22. The van der Waals surface area contributed by atoms with Crippen molar-refractivity contribution in [2.45, 2.75) is 0 Å². The molecule has 0 spiro atoms. The van der Waals surface area contributed by atoms with Crippen LogP contribution in [0.4, 0.5) is 0 Å². The first kappa shape index (κ1) is 34.8. The molecule has 0 nitrogen and oxygen atoms in total. The van der Waals surface area contributed by atoms with Gasteiger partial charge >= 0.3 is 0 Å². The Labute approximate surface area is 359 Å². The van der Waals surface area contributed by atoms with Crippen LogP contribution >= 0.6 is 0 Å². The Hall–Kier alpha value is -8.06. The summed E-state index contributed by atoms with van der Waals surface area (Å²) in [6, 6.07) is 86.3. The van der Waals surface area contributed by atoms with Crippen LogP contribution in [0.5, 0.6) is 0 Å². The fourth-order valence-electron chi connectivity index (χ4n) is 10.6. The summed E-state index contributed by atoms with van der Waals surface area (Å²) in [5, 5.41) is 19.8. The molecule has 0 aliphatic rings. The molecule has 0 atom stereocenters. The average molecular weight is 783 g/mol. The van der Waals surface area contributed by atoms with Crippen LogP contribution in [-0.2, 0) is 0 Å². The van der Waals surface area contributed by atoms with Crippen LogP contribution in [-0.4, -0.2) is 0 Å². The predicted octanol–water partition coefficient (Wildman–Crippen LogP) is 17.6. The average Bonchev–Trinajstić information content (AvgIpc) is 3.33. The molecule has 0 unspecified atom stereocenters. The molecule has 0 saturated heterocycles. The molecule has 0 aromatic heterocycles. The van der Waals surface area contributed by atoms with Gasteiger partial charge in [0.1, 0.15) is 0 Å². The summed E-state index contributed by atoms with van der Waals surface area (Å²) in [6.45, 7) is 0. The number of fused-ring (bicyclic) bond motifs is 8. The van der Waals surface area contributed by atoms with E-state index in [-0.39, 0.29) is 0 Å². The molecule has 0 saturated carbocycles. The summed E-state index contributed by atoms with van der Waals surface area (Å²) >= 11 is 0. The van der Waals surface area contributed by atoms with Gasteiger partial charge in [-0.05, 0) is 167 Å². The van der Waals surface area contributed by atoms with Crippen LogP contribution in [0.15, 0.2) is 231 Å². The van der Waals surface area contributed by atoms with E-state index in [1.807, 2.05) is 0 Å². The topological polar surface area (TPSA) is 0 Å². The Bertz CT molecular complexity index is 3250. The van der Waals surface area contributed by atoms with E-state index >= 15 is 0 Å². The van der Waals surface area contributed by atoms with E-state index in [2.05, 4.69) is 231 Å². The summed E-state index contributed by atoms with van der Waals surface area (Å²) < 4.78 is 0. The largest absolute Gasteiger partial charge is 0.0616 e. The molecule has 0 bridgehead atoms. The van der Waals surface area contributed by atoms with Crippen molar-refractivity contribution in [3.05, 3.63) is 231 Å². The van der Waals surface area contributed by atoms with Gasteiger partial charge in [0.15, 0.2) is 0 Å². The van der Waals surface area contributed by atoms with Crippen molar-refractivity contribution >= 4 is 86.2 Å². The molecule has 13 aromatic rings. The third-order valence-corrected chi connectivity index (χ3v) is 13.3. The quantitative estimate of drug-likeness (QED) is 0.156. The first-order chi connectivity index (χ1) is 30.8. The van der Waals surface area contributed by atoms with Crippen molar-refractivity contribution in [1.29, 1.82) is 0 Å². The monoisotopic (exact) mass is 782 g/mol. The maximum absolute atomic E-state index is 2.58. The van der Waals surface area contributed by atoms with Crippen molar-refractivity contribution < 1.29 is 0 Å². The molecule has 0 N–H and O–H groups in total. The Morgan fingerprint density at radius 2 is 0.290 bits per heavy atom. The van der Waals surface area contributed by atoms with Crippen molar-refractivity contribution in [3.63, 3.8) is 0 Å².